The predicted octanol–water partition coefficient (Wildman–Crippen LogP) is 3.11. The first kappa shape index (κ1) is 25.0. The third-order valence-corrected chi connectivity index (χ3v) is 4.91. The zero-order valence-corrected chi connectivity index (χ0v) is 19.5. The van der Waals surface area contributed by atoms with Crippen molar-refractivity contribution in [1.29, 1.82) is 0 Å². The highest BCUT2D eigenvalue weighted by atomic mass is 16.5. The van der Waals surface area contributed by atoms with E-state index in [4.69, 9.17) is 14.2 Å². The van der Waals surface area contributed by atoms with E-state index in [2.05, 4.69) is 15.8 Å². The number of esters is 1. The molecule has 180 valence electrons. The molecule has 3 aromatic rings. The molecular weight excluding hydrogens is 450 g/mol. The summed E-state index contributed by atoms with van der Waals surface area (Å²) in [7, 11) is 2.97. The average Bonchev–Trinajstić information content (AvgIpc) is 2.88. The van der Waals surface area contributed by atoms with Crippen molar-refractivity contribution in [3.8, 4) is 17.2 Å². The Bertz CT molecular complexity index is 1240. The van der Waals surface area contributed by atoms with Crippen LogP contribution >= 0.6 is 0 Å². The van der Waals surface area contributed by atoms with Gasteiger partial charge in [0.2, 0.25) is 0 Å². The summed E-state index contributed by atoms with van der Waals surface area (Å²) >= 11 is 0. The highest BCUT2D eigenvalue weighted by Gasteiger charge is 2.12. The van der Waals surface area contributed by atoms with Gasteiger partial charge < -0.3 is 19.5 Å². The van der Waals surface area contributed by atoms with Crippen LogP contribution in [0.2, 0.25) is 0 Å². The lowest BCUT2D eigenvalue weighted by molar-refractivity contribution is -0.120. The summed E-state index contributed by atoms with van der Waals surface area (Å²) in [5.41, 5.74) is 4.67. The first-order chi connectivity index (χ1) is 16.9. The van der Waals surface area contributed by atoms with Gasteiger partial charge in [-0.3, -0.25) is 9.59 Å². The lowest BCUT2D eigenvalue weighted by Gasteiger charge is -2.09. The van der Waals surface area contributed by atoms with Gasteiger partial charge in [0, 0.05) is 5.56 Å². The second-order valence-electron chi connectivity index (χ2n) is 7.32. The van der Waals surface area contributed by atoms with Crippen molar-refractivity contribution in [2.75, 3.05) is 20.8 Å². The average molecular weight is 476 g/mol. The summed E-state index contributed by atoms with van der Waals surface area (Å²) in [5, 5.41) is 6.38. The van der Waals surface area contributed by atoms with Crippen molar-refractivity contribution in [1.82, 2.24) is 10.7 Å². The maximum absolute atomic E-state index is 12.3. The molecule has 0 fully saturated rings. The van der Waals surface area contributed by atoms with E-state index in [-0.39, 0.29) is 6.54 Å². The zero-order chi connectivity index (χ0) is 25.2. The smallest absolute Gasteiger partial charge is 0.343 e. The number of hydrogen-bond acceptors (Lipinski definition) is 7. The first-order valence-electron chi connectivity index (χ1n) is 10.6. The predicted molar refractivity (Wildman–Crippen MR) is 130 cm³/mol. The van der Waals surface area contributed by atoms with Crippen molar-refractivity contribution in [2.45, 2.75) is 6.92 Å². The highest BCUT2D eigenvalue weighted by Crippen LogP contribution is 2.27. The Balaban J connectivity index is 1.47. The number of hydrazone groups is 1. The second kappa shape index (κ2) is 12.0. The maximum atomic E-state index is 12.3. The molecule has 0 bridgehead atoms. The molecule has 0 heterocycles. The second-order valence-corrected chi connectivity index (χ2v) is 7.32. The van der Waals surface area contributed by atoms with Crippen molar-refractivity contribution in [3.05, 3.63) is 89.0 Å². The number of nitrogens with one attached hydrogen (secondary N) is 2. The molecule has 0 atom stereocenters. The van der Waals surface area contributed by atoms with Gasteiger partial charge in [0.1, 0.15) is 5.75 Å². The van der Waals surface area contributed by atoms with Crippen LogP contribution in [0.3, 0.4) is 0 Å². The number of carbonyl (C=O) groups excluding carboxylic acids is 3. The van der Waals surface area contributed by atoms with Crippen molar-refractivity contribution >= 4 is 24.0 Å². The number of benzene rings is 3. The molecule has 0 saturated carbocycles. The number of carbonyl (C=O) groups is 3. The summed E-state index contributed by atoms with van der Waals surface area (Å²) in [6.45, 7) is 1.57. The summed E-state index contributed by atoms with van der Waals surface area (Å²) < 4.78 is 15.7. The minimum Gasteiger partial charge on any atom is -0.493 e. The van der Waals surface area contributed by atoms with E-state index >= 15 is 0 Å². The van der Waals surface area contributed by atoms with Gasteiger partial charge in [-0.1, -0.05) is 18.2 Å². The van der Waals surface area contributed by atoms with Crippen LogP contribution in [-0.2, 0) is 4.79 Å². The number of methoxy groups -OCH3 is 2. The largest absolute Gasteiger partial charge is 0.493 e. The van der Waals surface area contributed by atoms with Crippen LogP contribution in [0, 0.1) is 6.92 Å². The van der Waals surface area contributed by atoms with Crippen LogP contribution in [0.25, 0.3) is 0 Å². The Morgan fingerprint density at radius 1 is 0.914 bits per heavy atom. The van der Waals surface area contributed by atoms with Crippen molar-refractivity contribution in [3.63, 3.8) is 0 Å². The molecule has 2 amide bonds. The van der Waals surface area contributed by atoms with Crippen molar-refractivity contribution in [2.24, 2.45) is 5.10 Å². The van der Waals surface area contributed by atoms with Crippen LogP contribution in [0.4, 0.5) is 0 Å². The fraction of sp³-hybridized carbons (Fsp3) is 0.154. The fourth-order valence-corrected chi connectivity index (χ4v) is 3.04. The molecule has 0 spiro atoms. The summed E-state index contributed by atoms with van der Waals surface area (Å²) in [6, 6.07) is 18.5. The Hall–Kier alpha value is -4.66. The van der Waals surface area contributed by atoms with E-state index in [1.54, 1.807) is 48.5 Å². The minimum absolute atomic E-state index is 0.266. The Morgan fingerprint density at radius 3 is 2.31 bits per heavy atom. The summed E-state index contributed by atoms with van der Waals surface area (Å²) in [5.74, 6) is -0.0946. The lowest BCUT2D eigenvalue weighted by atomic mass is 10.1. The molecule has 0 unspecified atom stereocenters. The number of nitrogens with zero attached hydrogens (tertiary/aromatic N) is 1. The summed E-state index contributed by atoms with van der Waals surface area (Å²) in [4.78, 5) is 36.5. The zero-order valence-electron chi connectivity index (χ0n) is 19.5. The molecule has 0 aliphatic carbocycles. The van der Waals surface area contributed by atoms with E-state index in [0.29, 0.717) is 33.9 Å². The molecule has 0 radical (unpaired) electrons. The number of rotatable bonds is 9. The van der Waals surface area contributed by atoms with Crippen LogP contribution in [-0.4, -0.2) is 44.8 Å². The van der Waals surface area contributed by atoms with Gasteiger partial charge in [-0.2, -0.15) is 5.10 Å². The lowest BCUT2D eigenvalue weighted by Crippen LogP contribution is -2.34. The van der Waals surface area contributed by atoms with Crippen LogP contribution in [0.1, 0.15) is 31.8 Å². The molecule has 0 aliphatic rings. The molecular formula is C26H25N3O6. The van der Waals surface area contributed by atoms with Gasteiger partial charge in [0.15, 0.2) is 11.5 Å². The minimum atomic E-state index is -0.501. The van der Waals surface area contributed by atoms with Gasteiger partial charge in [-0.05, 0) is 66.6 Å². The van der Waals surface area contributed by atoms with E-state index in [0.717, 1.165) is 5.56 Å². The number of aryl methyl sites for hydroxylation is 1. The topological polar surface area (TPSA) is 115 Å². The van der Waals surface area contributed by atoms with Crippen LogP contribution in [0.15, 0.2) is 71.8 Å². The molecule has 0 aromatic heterocycles. The van der Waals surface area contributed by atoms with Gasteiger partial charge in [0.05, 0.1) is 32.5 Å². The molecule has 9 heteroatoms. The number of ether oxygens (including phenoxy) is 3. The molecule has 0 aliphatic heterocycles. The molecule has 3 rings (SSSR count). The maximum Gasteiger partial charge on any atom is 0.343 e. The van der Waals surface area contributed by atoms with Crippen LogP contribution < -0.4 is 25.0 Å². The number of hydrogen-bond donors (Lipinski definition) is 2. The SMILES string of the molecule is COc1ccc(C(=O)NCC(=O)N/N=C/c2ccc(OC(=O)c3ccccc3C)cc2)cc1OC. The third-order valence-electron chi connectivity index (χ3n) is 4.91. The first-order valence-corrected chi connectivity index (χ1v) is 10.6. The van der Waals surface area contributed by atoms with E-state index < -0.39 is 17.8 Å². The van der Waals surface area contributed by atoms with Gasteiger partial charge in [-0.15, -0.1) is 0 Å². The third kappa shape index (κ3) is 6.91. The highest BCUT2D eigenvalue weighted by molar-refractivity contribution is 5.97. The van der Waals surface area contributed by atoms with E-state index in [1.165, 1.54) is 26.5 Å². The monoisotopic (exact) mass is 475 g/mol. The molecule has 0 saturated heterocycles. The summed E-state index contributed by atoms with van der Waals surface area (Å²) in [6.07, 6.45) is 1.43. The quantitative estimate of drug-likeness (QED) is 0.213. The van der Waals surface area contributed by atoms with E-state index in [1.807, 2.05) is 19.1 Å². The fourth-order valence-electron chi connectivity index (χ4n) is 3.04. The van der Waals surface area contributed by atoms with Gasteiger partial charge >= 0.3 is 5.97 Å². The molecule has 35 heavy (non-hydrogen) atoms. The Kier molecular flexibility index (Phi) is 8.55. The van der Waals surface area contributed by atoms with Crippen molar-refractivity contribution < 1.29 is 28.6 Å². The van der Waals surface area contributed by atoms with E-state index in [9.17, 15) is 14.4 Å². The molecule has 3 aromatic carbocycles. The molecule has 2 N–H and O–H groups in total. The van der Waals surface area contributed by atoms with Gasteiger partial charge in [-0.25, -0.2) is 10.2 Å². The number of amides is 2. The normalized spacial score (nSPS) is 10.5. The van der Waals surface area contributed by atoms with Gasteiger partial charge in [0.25, 0.3) is 11.8 Å². The Morgan fingerprint density at radius 2 is 1.63 bits per heavy atom. The Labute approximate surface area is 202 Å². The van der Waals surface area contributed by atoms with Crippen LogP contribution in [0.5, 0.6) is 17.2 Å². The molecule has 9 nitrogen and oxygen atoms in total. The standard InChI is InChI=1S/C26H25N3O6/c1-17-6-4-5-7-21(17)26(32)35-20-11-8-18(9-12-20)15-28-29-24(30)16-27-25(31)19-10-13-22(33-2)23(14-19)34-3/h4-15H,16H2,1-3H3,(H,27,31)(H,29,30)/b28-15+.